The molecule has 0 rings (SSSR count). The Balaban J connectivity index is 4.43. The SMILES string of the molecule is CC/C=C\C/C=C\C/C=C\CCCCCCCC(=O)OCC(COC(=O)CCCCCCC/C=C\CCC)OC(=O)CCCCCCC/C=C\C/C=C\CCCCC. The summed E-state index contributed by atoms with van der Waals surface area (Å²) in [6, 6.07) is 0. The van der Waals surface area contributed by atoms with Gasteiger partial charge in [0, 0.05) is 19.3 Å². The van der Waals surface area contributed by atoms with E-state index in [-0.39, 0.29) is 31.1 Å². The average Bonchev–Trinajstić information content (AvgIpc) is 3.22. The van der Waals surface area contributed by atoms with Crippen molar-refractivity contribution in [3.05, 3.63) is 72.9 Å². The van der Waals surface area contributed by atoms with E-state index in [1.54, 1.807) is 0 Å². The van der Waals surface area contributed by atoms with Crippen molar-refractivity contribution in [1.29, 1.82) is 0 Å². The van der Waals surface area contributed by atoms with E-state index < -0.39 is 6.10 Å². The summed E-state index contributed by atoms with van der Waals surface area (Å²) in [6.07, 6.45) is 57.4. The van der Waals surface area contributed by atoms with E-state index in [2.05, 4.69) is 93.7 Å². The molecule has 0 spiro atoms. The first kappa shape index (κ1) is 54.9. The van der Waals surface area contributed by atoms with Crippen molar-refractivity contribution in [2.75, 3.05) is 13.2 Å². The first-order valence-corrected chi connectivity index (χ1v) is 23.9. The topological polar surface area (TPSA) is 78.9 Å². The average molecular weight is 809 g/mol. The molecule has 6 heteroatoms. The molecule has 0 bridgehead atoms. The molecule has 0 aromatic rings. The molecule has 0 N–H and O–H groups in total. The van der Waals surface area contributed by atoms with E-state index in [1.807, 2.05) is 0 Å². The first-order chi connectivity index (χ1) is 28.5. The second-order valence-electron chi connectivity index (χ2n) is 15.6. The van der Waals surface area contributed by atoms with E-state index in [0.717, 1.165) is 141 Å². The lowest BCUT2D eigenvalue weighted by atomic mass is 10.1. The van der Waals surface area contributed by atoms with E-state index in [9.17, 15) is 14.4 Å². The zero-order chi connectivity index (χ0) is 42.3. The van der Waals surface area contributed by atoms with Crippen LogP contribution in [0, 0.1) is 0 Å². The molecule has 0 radical (unpaired) electrons. The third-order valence-electron chi connectivity index (χ3n) is 9.90. The lowest BCUT2D eigenvalue weighted by Crippen LogP contribution is -2.30. The van der Waals surface area contributed by atoms with Gasteiger partial charge in [-0.25, -0.2) is 0 Å². The Morgan fingerprint density at radius 3 is 1.14 bits per heavy atom. The van der Waals surface area contributed by atoms with E-state index in [0.29, 0.717) is 19.3 Å². The summed E-state index contributed by atoms with van der Waals surface area (Å²) in [5.74, 6) is -0.937. The quantitative estimate of drug-likeness (QED) is 0.0264. The smallest absolute Gasteiger partial charge is 0.306 e. The van der Waals surface area contributed by atoms with Gasteiger partial charge in [-0.2, -0.15) is 0 Å². The Morgan fingerprint density at radius 1 is 0.362 bits per heavy atom. The van der Waals surface area contributed by atoms with Crippen molar-refractivity contribution >= 4 is 17.9 Å². The molecule has 0 amide bonds. The molecule has 0 aliphatic carbocycles. The summed E-state index contributed by atoms with van der Waals surface area (Å²) in [4.78, 5) is 37.8. The van der Waals surface area contributed by atoms with Crippen LogP contribution in [0.3, 0.4) is 0 Å². The van der Waals surface area contributed by atoms with Crippen molar-refractivity contribution in [2.24, 2.45) is 0 Å². The molecule has 6 nitrogen and oxygen atoms in total. The maximum Gasteiger partial charge on any atom is 0.306 e. The lowest BCUT2D eigenvalue weighted by Gasteiger charge is -2.18. The second-order valence-corrected chi connectivity index (χ2v) is 15.6. The third-order valence-corrected chi connectivity index (χ3v) is 9.90. The number of allylic oxidation sites excluding steroid dienone is 12. The number of carbonyl (C=O) groups is 3. The van der Waals surface area contributed by atoms with Crippen LogP contribution in [-0.4, -0.2) is 37.2 Å². The Kier molecular flexibility index (Phi) is 44.0. The minimum atomic E-state index is -0.791. The highest BCUT2D eigenvalue weighted by molar-refractivity contribution is 5.71. The number of esters is 3. The van der Waals surface area contributed by atoms with Crippen molar-refractivity contribution in [3.8, 4) is 0 Å². The zero-order valence-electron chi connectivity index (χ0n) is 37.8. The maximum atomic E-state index is 12.7. The van der Waals surface area contributed by atoms with Crippen LogP contribution in [0.1, 0.15) is 220 Å². The molecule has 0 aliphatic heterocycles. The number of hydrogen-bond donors (Lipinski definition) is 0. The van der Waals surface area contributed by atoms with Crippen LogP contribution in [0.25, 0.3) is 0 Å². The van der Waals surface area contributed by atoms with Gasteiger partial charge in [0.1, 0.15) is 13.2 Å². The van der Waals surface area contributed by atoms with Gasteiger partial charge in [0.2, 0.25) is 0 Å². The molecular formula is C52H88O6. The number of hydrogen-bond acceptors (Lipinski definition) is 6. The molecule has 1 atom stereocenters. The fraction of sp³-hybridized carbons (Fsp3) is 0.712. The van der Waals surface area contributed by atoms with Crippen molar-refractivity contribution in [2.45, 2.75) is 226 Å². The van der Waals surface area contributed by atoms with Crippen LogP contribution in [0.15, 0.2) is 72.9 Å². The largest absolute Gasteiger partial charge is 0.462 e. The summed E-state index contributed by atoms with van der Waals surface area (Å²) < 4.78 is 16.7. The highest BCUT2D eigenvalue weighted by Crippen LogP contribution is 2.13. The monoisotopic (exact) mass is 809 g/mol. The van der Waals surface area contributed by atoms with Crippen LogP contribution in [0.2, 0.25) is 0 Å². The van der Waals surface area contributed by atoms with Gasteiger partial charge < -0.3 is 14.2 Å². The number of rotatable bonds is 42. The number of carbonyl (C=O) groups excluding carboxylic acids is 3. The van der Waals surface area contributed by atoms with Gasteiger partial charge >= 0.3 is 17.9 Å². The Labute approximate surface area is 357 Å². The summed E-state index contributed by atoms with van der Waals surface area (Å²) in [5, 5.41) is 0. The molecule has 0 aliphatic rings. The van der Waals surface area contributed by atoms with E-state index in [1.165, 1.54) is 38.5 Å². The molecule has 0 fully saturated rings. The van der Waals surface area contributed by atoms with Crippen LogP contribution in [-0.2, 0) is 28.6 Å². The van der Waals surface area contributed by atoms with E-state index in [4.69, 9.17) is 14.2 Å². The number of ether oxygens (including phenoxy) is 3. The third kappa shape index (κ3) is 44.0. The van der Waals surface area contributed by atoms with Crippen molar-refractivity contribution < 1.29 is 28.6 Å². The first-order valence-electron chi connectivity index (χ1n) is 23.9. The standard InChI is InChI=1S/C52H88O6/c1-4-7-10-13-16-19-22-24-26-28-30-33-36-39-42-45-51(54)57-48-49(47-56-50(53)44-41-38-35-32-21-18-15-12-9-6-3)58-52(55)46-43-40-37-34-31-29-27-25-23-20-17-14-11-8-5-2/h7,10,12,15-17,19-20,24-27,49H,4-6,8-9,11,13-14,18,21-23,28-48H2,1-3H3/b10-7-,15-12-,19-16-,20-17-,26-24-,27-25-. The molecule has 0 saturated carbocycles. The molecule has 0 aromatic carbocycles. The Bertz CT molecular complexity index is 1110. The molecule has 0 saturated heterocycles. The summed E-state index contributed by atoms with van der Waals surface area (Å²) in [7, 11) is 0. The van der Waals surface area contributed by atoms with Crippen LogP contribution in [0.5, 0.6) is 0 Å². The van der Waals surface area contributed by atoms with Crippen molar-refractivity contribution in [1.82, 2.24) is 0 Å². The minimum absolute atomic E-state index is 0.0921. The van der Waals surface area contributed by atoms with Crippen LogP contribution in [0.4, 0.5) is 0 Å². The fourth-order valence-corrected chi connectivity index (χ4v) is 6.31. The molecule has 1 unspecified atom stereocenters. The van der Waals surface area contributed by atoms with Gasteiger partial charge in [-0.05, 0) is 103 Å². The normalized spacial score (nSPS) is 12.7. The van der Waals surface area contributed by atoms with Gasteiger partial charge in [-0.15, -0.1) is 0 Å². The molecule has 332 valence electrons. The predicted octanol–water partition coefficient (Wildman–Crippen LogP) is 15.5. The molecule has 0 aromatic heterocycles. The maximum absolute atomic E-state index is 12.7. The van der Waals surface area contributed by atoms with Gasteiger partial charge in [-0.3, -0.25) is 14.4 Å². The van der Waals surface area contributed by atoms with Crippen LogP contribution >= 0.6 is 0 Å². The summed E-state index contributed by atoms with van der Waals surface area (Å²) in [5.41, 5.74) is 0. The summed E-state index contributed by atoms with van der Waals surface area (Å²) in [6.45, 7) is 6.39. The minimum Gasteiger partial charge on any atom is -0.462 e. The highest BCUT2D eigenvalue weighted by atomic mass is 16.6. The Morgan fingerprint density at radius 2 is 0.707 bits per heavy atom. The van der Waals surface area contributed by atoms with Gasteiger partial charge in [0.25, 0.3) is 0 Å². The van der Waals surface area contributed by atoms with Crippen LogP contribution < -0.4 is 0 Å². The lowest BCUT2D eigenvalue weighted by molar-refractivity contribution is -0.167. The molecular weight excluding hydrogens is 721 g/mol. The highest BCUT2D eigenvalue weighted by Gasteiger charge is 2.19. The summed E-state index contributed by atoms with van der Waals surface area (Å²) >= 11 is 0. The van der Waals surface area contributed by atoms with E-state index >= 15 is 0 Å². The van der Waals surface area contributed by atoms with Gasteiger partial charge in [0.15, 0.2) is 6.10 Å². The zero-order valence-corrected chi connectivity index (χ0v) is 37.8. The predicted molar refractivity (Wildman–Crippen MR) is 247 cm³/mol. The molecule has 58 heavy (non-hydrogen) atoms. The van der Waals surface area contributed by atoms with Crippen molar-refractivity contribution in [3.63, 3.8) is 0 Å². The molecule has 0 heterocycles. The fourth-order valence-electron chi connectivity index (χ4n) is 6.31. The van der Waals surface area contributed by atoms with Gasteiger partial charge in [0.05, 0.1) is 0 Å². The second kappa shape index (κ2) is 46.5. The Hall–Kier alpha value is -3.15. The van der Waals surface area contributed by atoms with Gasteiger partial charge in [-0.1, -0.05) is 171 Å². The number of unbranched alkanes of at least 4 members (excludes halogenated alkanes) is 19.